The minimum Gasteiger partial charge on any atom is -0.356 e. The van der Waals surface area contributed by atoms with Crippen LogP contribution in [-0.4, -0.2) is 39.2 Å². The molecule has 4 rings (SSSR count). The van der Waals surface area contributed by atoms with Gasteiger partial charge in [0, 0.05) is 25.5 Å². The van der Waals surface area contributed by atoms with E-state index in [4.69, 9.17) is 5.73 Å². The molecule has 3 aromatic rings. The largest absolute Gasteiger partial charge is 0.356 e. The summed E-state index contributed by atoms with van der Waals surface area (Å²) < 4.78 is 2.06. The van der Waals surface area contributed by atoms with Crippen LogP contribution >= 0.6 is 12.4 Å². The van der Waals surface area contributed by atoms with Crippen LogP contribution in [0.5, 0.6) is 0 Å². The molecule has 0 spiro atoms. The van der Waals surface area contributed by atoms with Crippen molar-refractivity contribution >= 4 is 29.3 Å². The van der Waals surface area contributed by atoms with E-state index in [0.29, 0.717) is 5.92 Å². The summed E-state index contributed by atoms with van der Waals surface area (Å²) in [4.78, 5) is 15.6. The number of hydrogen-bond acceptors (Lipinski definition) is 5. The van der Waals surface area contributed by atoms with E-state index in [-0.39, 0.29) is 12.4 Å². The third-order valence-electron chi connectivity index (χ3n) is 4.63. The number of anilines is 1. The molecule has 0 atom stereocenters. The number of halogens is 1. The van der Waals surface area contributed by atoms with E-state index in [1.807, 2.05) is 24.5 Å². The Morgan fingerprint density at radius 2 is 2.00 bits per heavy atom. The van der Waals surface area contributed by atoms with E-state index in [9.17, 15) is 0 Å². The second-order valence-electron chi connectivity index (χ2n) is 6.00. The van der Waals surface area contributed by atoms with Crippen LogP contribution in [0.1, 0.15) is 12.8 Å². The first-order valence-electron chi connectivity index (χ1n) is 8.04. The van der Waals surface area contributed by atoms with Crippen molar-refractivity contribution in [2.45, 2.75) is 12.8 Å². The Morgan fingerprint density at radius 1 is 1.17 bits per heavy atom. The molecule has 3 aromatic heterocycles. The smallest absolute Gasteiger partial charge is 0.150 e. The maximum Gasteiger partial charge on any atom is 0.150 e. The number of aromatic nitrogens is 4. The molecule has 24 heavy (non-hydrogen) atoms. The van der Waals surface area contributed by atoms with Gasteiger partial charge < -0.3 is 10.6 Å². The molecule has 0 saturated carbocycles. The fraction of sp³-hybridized carbons (Fsp3) is 0.353. The normalized spacial score (nSPS) is 15.5. The fourth-order valence-electron chi connectivity index (χ4n) is 3.28. The topological polar surface area (TPSA) is 72.9 Å². The van der Waals surface area contributed by atoms with E-state index in [0.717, 1.165) is 55.0 Å². The summed E-state index contributed by atoms with van der Waals surface area (Å²) in [6.45, 7) is 2.79. The van der Waals surface area contributed by atoms with Gasteiger partial charge >= 0.3 is 0 Å². The van der Waals surface area contributed by atoms with Gasteiger partial charge in [-0.05, 0) is 43.5 Å². The Kier molecular flexibility index (Phi) is 4.97. The van der Waals surface area contributed by atoms with Crippen molar-refractivity contribution in [2.24, 2.45) is 11.7 Å². The monoisotopic (exact) mass is 344 g/mol. The average molecular weight is 345 g/mol. The first-order valence-corrected chi connectivity index (χ1v) is 8.04. The van der Waals surface area contributed by atoms with Crippen molar-refractivity contribution in [3.8, 4) is 5.69 Å². The van der Waals surface area contributed by atoms with Gasteiger partial charge in [0.1, 0.15) is 17.8 Å². The predicted molar refractivity (Wildman–Crippen MR) is 97.9 cm³/mol. The molecule has 1 aliphatic heterocycles. The van der Waals surface area contributed by atoms with Crippen LogP contribution in [0.2, 0.25) is 0 Å². The molecule has 2 N–H and O–H groups in total. The molecule has 0 aliphatic carbocycles. The summed E-state index contributed by atoms with van der Waals surface area (Å²) in [5.74, 6) is 1.66. The Hall–Kier alpha value is -2.18. The molecule has 1 fully saturated rings. The zero-order chi connectivity index (χ0) is 15.6. The van der Waals surface area contributed by atoms with Crippen LogP contribution in [0.4, 0.5) is 5.82 Å². The third kappa shape index (κ3) is 2.95. The summed E-state index contributed by atoms with van der Waals surface area (Å²) in [6.07, 6.45) is 9.56. The van der Waals surface area contributed by atoms with Crippen molar-refractivity contribution in [3.05, 3.63) is 43.1 Å². The van der Waals surface area contributed by atoms with Crippen molar-refractivity contribution in [2.75, 3.05) is 24.5 Å². The first-order chi connectivity index (χ1) is 11.4. The molecule has 0 unspecified atom stereocenters. The standard InChI is InChI=1S/C17H20N6.ClH/c18-10-13-3-7-22(8-4-13)16-15-5-9-23(17(15)21-12-20-16)14-2-1-6-19-11-14;/h1-2,5-6,9,11-13H,3-4,7-8,10,18H2;1H. The minimum atomic E-state index is 0. The lowest BCUT2D eigenvalue weighted by Gasteiger charge is -2.32. The van der Waals surface area contributed by atoms with Crippen molar-refractivity contribution in [3.63, 3.8) is 0 Å². The molecule has 4 heterocycles. The molecule has 0 aromatic carbocycles. The fourth-order valence-corrected chi connectivity index (χ4v) is 3.28. The van der Waals surface area contributed by atoms with Crippen LogP contribution in [0.25, 0.3) is 16.7 Å². The lowest BCUT2D eigenvalue weighted by molar-refractivity contribution is 0.413. The number of nitrogens with two attached hydrogens (primary N) is 1. The van der Waals surface area contributed by atoms with Gasteiger partial charge in [0.05, 0.1) is 17.3 Å². The molecule has 7 heteroatoms. The molecule has 126 valence electrons. The van der Waals surface area contributed by atoms with Crippen LogP contribution in [0, 0.1) is 5.92 Å². The van der Waals surface area contributed by atoms with Crippen molar-refractivity contribution < 1.29 is 0 Å². The second-order valence-corrected chi connectivity index (χ2v) is 6.00. The first kappa shape index (κ1) is 16.7. The van der Waals surface area contributed by atoms with E-state index >= 15 is 0 Å². The second kappa shape index (κ2) is 7.15. The number of hydrogen-bond donors (Lipinski definition) is 1. The van der Waals surface area contributed by atoms with Crippen LogP contribution in [-0.2, 0) is 0 Å². The highest BCUT2D eigenvalue weighted by Gasteiger charge is 2.21. The molecule has 1 aliphatic rings. The Bertz CT molecular complexity index is 795. The van der Waals surface area contributed by atoms with Gasteiger partial charge in [-0.2, -0.15) is 0 Å². The average Bonchev–Trinajstić information content (AvgIpc) is 3.07. The maximum absolute atomic E-state index is 5.79. The number of fused-ring (bicyclic) bond motifs is 1. The Morgan fingerprint density at radius 3 is 2.71 bits per heavy atom. The van der Waals surface area contributed by atoms with Crippen molar-refractivity contribution in [1.29, 1.82) is 0 Å². The van der Waals surface area contributed by atoms with Gasteiger partial charge in [-0.3, -0.25) is 9.55 Å². The van der Waals surface area contributed by atoms with Gasteiger partial charge in [-0.1, -0.05) is 0 Å². The Balaban J connectivity index is 0.00000169. The Labute approximate surface area is 147 Å². The highest BCUT2D eigenvalue weighted by Crippen LogP contribution is 2.28. The van der Waals surface area contributed by atoms with Crippen LogP contribution in [0.15, 0.2) is 43.1 Å². The summed E-state index contributed by atoms with van der Waals surface area (Å²) in [7, 11) is 0. The maximum atomic E-state index is 5.79. The van der Waals surface area contributed by atoms with E-state index in [1.165, 1.54) is 0 Å². The molecule has 6 nitrogen and oxygen atoms in total. The number of pyridine rings is 1. The highest BCUT2D eigenvalue weighted by atomic mass is 35.5. The van der Waals surface area contributed by atoms with E-state index in [2.05, 4.69) is 30.5 Å². The van der Waals surface area contributed by atoms with Gasteiger partial charge in [0.15, 0.2) is 0 Å². The number of nitrogens with zero attached hydrogens (tertiary/aromatic N) is 5. The molecule has 0 amide bonds. The summed E-state index contributed by atoms with van der Waals surface area (Å²) >= 11 is 0. The van der Waals surface area contributed by atoms with Gasteiger partial charge in [-0.25, -0.2) is 9.97 Å². The zero-order valence-corrected chi connectivity index (χ0v) is 14.2. The lowest BCUT2D eigenvalue weighted by atomic mass is 9.97. The quantitative estimate of drug-likeness (QED) is 0.790. The number of rotatable bonds is 3. The van der Waals surface area contributed by atoms with Gasteiger partial charge in [0.25, 0.3) is 0 Å². The summed E-state index contributed by atoms with van der Waals surface area (Å²) in [5, 5.41) is 1.09. The number of piperidine rings is 1. The van der Waals surface area contributed by atoms with Crippen molar-refractivity contribution in [1.82, 2.24) is 19.5 Å². The third-order valence-corrected chi connectivity index (χ3v) is 4.63. The molecule has 0 radical (unpaired) electrons. The molecule has 1 saturated heterocycles. The summed E-state index contributed by atoms with van der Waals surface area (Å²) in [6, 6.07) is 6.05. The van der Waals surface area contributed by atoms with E-state index in [1.54, 1.807) is 12.5 Å². The van der Waals surface area contributed by atoms with Crippen LogP contribution < -0.4 is 10.6 Å². The van der Waals surface area contributed by atoms with Gasteiger partial charge in [-0.15, -0.1) is 12.4 Å². The molecular weight excluding hydrogens is 324 g/mol. The SMILES string of the molecule is Cl.NCC1CCN(c2ncnc3c2ccn3-c2cccnc2)CC1. The predicted octanol–water partition coefficient (Wildman–Crippen LogP) is 2.41. The van der Waals surface area contributed by atoms with Gasteiger partial charge in [0.2, 0.25) is 0 Å². The lowest BCUT2D eigenvalue weighted by Crippen LogP contribution is -2.36. The highest BCUT2D eigenvalue weighted by molar-refractivity contribution is 5.89. The molecule has 0 bridgehead atoms. The summed E-state index contributed by atoms with van der Waals surface area (Å²) in [5.41, 5.74) is 7.72. The zero-order valence-electron chi connectivity index (χ0n) is 13.4. The minimum absolute atomic E-state index is 0. The van der Waals surface area contributed by atoms with E-state index < -0.39 is 0 Å². The molecular formula is C17H21ClN6. The van der Waals surface area contributed by atoms with Crippen LogP contribution in [0.3, 0.4) is 0 Å².